The monoisotopic (exact) mass is 266 g/mol. The molecule has 0 atom stereocenters. The number of rotatable bonds is 4. The van der Waals surface area contributed by atoms with Crippen LogP contribution in [0.4, 0.5) is 0 Å². The minimum absolute atomic E-state index is 0.574. The number of nitrogens with zero attached hydrogens (tertiary/aromatic N) is 1. The first-order valence-corrected chi connectivity index (χ1v) is 8.72. The van der Waals surface area contributed by atoms with Crippen LogP contribution in [0, 0.1) is 5.41 Å². The third-order valence-electron chi connectivity index (χ3n) is 5.22. The lowest BCUT2D eigenvalue weighted by atomic mass is 9.79. The van der Waals surface area contributed by atoms with Crippen LogP contribution in [0.15, 0.2) is 0 Å². The van der Waals surface area contributed by atoms with E-state index in [-0.39, 0.29) is 0 Å². The summed E-state index contributed by atoms with van der Waals surface area (Å²) in [5.74, 6) is 0. The van der Waals surface area contributed by atoms with Gasteiger partial charge in [-0.15, -0.1) is 0 Å². The van der Waals surface area contributed by atoms with E-state index >= 15 is 0 Å². The molecule has 1 saturated heterocycles. The van der Waals surface area contributed by atoms with Gasteiger partial charge >= 0.3 is 0 Å². The van der Waals surface area contributed by atoms with Crippen molar-refractivity contribution in [2.24, 2.45) is 5.41 Å². The molecule has 2 aliphatic rings. The molecule has 1 aliphatic heterocycles. The first-order chi connectivity index (χ1) is 9.35. The van der Waals surface area contributed by atoms with Gasteiger partial charge in [-0.05, 0) is 51.2 Å². The summed E-state index contributed by atoms with van der Waals surface area (Å²) in [4.78, 5) is 2.79. The van der Waals surface area contributed by atoms with Crippen LogP contribution in [0.5, 0.6) is 0 Å². The van der Waals surface area contributed by atoms with Crippen molar-refractivity contribution in [2.75, 3.05) is 33.2 Å². The molecule has 0 aromatic heterocycles. The van der Waals surface area contributed by atoms with E-state index in [1.807, 2.05) is 0 Å². The Labute approximate surface area is 120 Å². The maximum Gasteiger partial charge on any atom is 0.00501 e. The van der Waals surface area contributed by atoms with E-state index in [0.29, 0.717) is 5.41 Å². The lowest BCUT2D eigenvalue weighted by Gasteiger charge is -2.38. The van der Waals surface area contributed by atoms with E-state index in [9.17, 15) is 0 Å². The number of hydrogen-bond donors (Lipinski definition) is 1. The third-order valence-corrected chi connectivity index (χ3v) is 5.22. The van der Waals surface area contributed by atoms with Crippen LogP contribution < -0.4 is 5.32 Å². The molecule has 0 unspecified atom stereocenters. The van der Waals surface area contributed by atoms with Crippen molar-refractivity contribution in [3.63, 3.8) is 0 Å². The van der Waals surface area contributed by atoms with Crippen molar-refractivity contribution in [2.45, 2.75) is 70.6 Å². The topological polar surface area (TPSA) is 15.3 Å². The second-order valence-electron chi connectivity index (χ2n) is 6.99. The molecule has 19 heavy (non-hydrogen) atoms. The Kier molecular flexibility index (Phi) is 6.66. The summed E-state index contributed by atoms with van der Waals surface area (Å²) in [5.41, 5.74) is 0.574. The fourth-order valence-electron chi connectivity index (χ4n) is 4.19. The number of hydrogen-bond acceptors (Lipinski definition) is 2. The minimum atomic E-state index is 0.574. The molecule has 1 heterocycles. The van der Waals surface area contributed by atoms with Crippen molar-refractivity contribution >= 4 is 0 Å². The summed E-state index contributed by atoms with van der Waals surface area (Å²) in [6.07, 6.45) is 16.0. The van der Waals surface area contributed by atoms with E-state index in [4.69, 9.17) is 0 Å². The predicted molar refractivity (Wildman–Crippen MR) is 83.6 cm³/mol. The SMILES string of the molecule is CNCC1(CN2CCCCCCC2)CCCCCC1. The van der Waals surface area contributed by atoms with Crippen LogP contribution in [-0.2, 0) is 0 Å². The first-order valence-electron chi connectivity index (χ1n) is 8.72. The smallest absolute Gasteiger partial charge is 0.00501 e. The van der Waals surface area contributed by atoms with Gasteiger partial charge in [0.15, 0.2) is 0 Å². The molecule has 0 amide bonds. The summed E-state index contributed by atoms with van der Waals surface area (Å²) >= 11 is 0. The molecule has 112 valence electrons. The van der Waals surface area contributed by atoms with Crippen LogP contribution in [0.1, 0.15) is 70.6 Å². The van der Waals surface area contributed by atoms with Gasteiger partial charge in [0.2, 0.25) is 0 Å². The molecule has 2 nitrogen and oxygen atoms in total. The van der Waals surface area contributed by atoms with Crippen molar-refractivity contribution < 1.29 is 0 Å². The largest absolute Gasteiger partial charge is 0.319 e. The van der Waals surface area contributed by atoms with Crippen LogP contribution in [0.25, 0.3) is 0 Å². The zero-order valence-corrected chi connectivity index (χ0v) is 13.1. The van der Waals surface area contributed by atoms with Gasteiger partial charge in [-0.3, -0.25) is 0 Å². The van der Waals surface area contributed by atoms with Crippen LogP contribution in [0.3, 0.4) is 0 Å². The van der Waals surface area contributed by atoms with Crippen LogP contribution in [-0.4, -0.2) is 38.1 Å². The fourth-order valence-corrected chi connectivity index (χ4v) is 4.19. The Bertz CT molecular complexity index is 223. The first kappa shape index (κ1) is 15.3. The molecule has 0 aromatic carbocycles. The average Bonchev–Trinajstić information content (AvgIpc) is 2.59. The van der Waals surface area contributed by atoms with Gasteiger partial charge in [0.25, 0.3) is 0 Å². The van der Waals surface area contributed by atoms with E-state index in [2.05, 4.69) is 17.3 Å². The van der Waals surface area contributed by atoms with Gasteiger partial charge in [0, 0.05) is 13.1 Å². The molecule has 2 rings (SSSR count). The minimum Gasteiger partial charge on any atom is -0.319 e. The second kappa shape index (κ2) is 8.26. The maximum atomic E-state index is 3.50. The molecule has 0 spiro atoms. The number of likely N-dealkylation sites (tertiary alicyclic amines) is 1. The Hall–Kier alpha value is -0.0800. The molecule has 1 aliphatic carbocycles. The molecule has 2 fully saturated rings. The number of nitrogens with one attached hydrogen (secondary N) is 1. The highest BCUT2D eigenvalue weighted by molar-refractivity contribution is 4.87. The summed E-state index contributed by atoms with van der Waals surface area (Å²) < 4.78 is 0. The van der Waals surface area contributed by atoms with Gasteiger partial charge in [-0.25, -0.2) is 0 Å². The van der Waals surface area contributed by atoms with E-state index < -0.39 is 0 Å². The average molecular weight is 266 g/mol. The third kappa shape index (κ3) is 5.07. The van der Waals surface area contributed by atoms with Crippen molar-refractivity contribution in [1.82, 2.24) is 10.2 Å². The lowest BCUT2D eigenvalue weighted by molar-refractivity contribution is 0.121. The van der Waals surface area contributed by atoms with Crippen molar-refractivity contribution in [1.29, 1.82) is 0 Å². The lowest BCUT2D eigenvalue weighted by Crippen LogP contribution is -2.44. The highest BCUT2D eigenvalue weighted by atomic mass is 15.1. The van der Waals surface area contributed by atoms with Crippen molar-refractivity contribution in [3.8, 4) is 0 Å². The van der Waals surface area contributed by atoms with Gasteiger partial charge in [0.1, 0.15) is 0 Å². The molecule has 2 heteroatoms. The zero-order chi connectivity index (χ0) is 13.4. The standard InChI is InChI=1S/C17H34N2/c1-18-15-17(11-7-3-4-8-12-17)16-19-13-9-5-2-6-10-14-19/h18H,2-16H2,1H3. The second-order valence-corrected chi connectivity index (χ2v) is 6.99. The fraction of sp³-hybridized carbons (Fsp3) is 1.00. The summed E-state index contributed by atoms with van der Waals surface area (Å²) in [7, 11) is 2.14. The van der Waals surface area contributed by atoms with E-state index in [1.165, 1.54) is 96.8 Å². The molecule has 0 bridgehead atoms. The summed E-state index contributed by atoms with van der Waals surface area (Å²) in [6, 6.07) is 0. The van der Waals surface area contributed by atoms with Crippen LogP contribution >= 0.6 is 0 Å². The van der Waals surface area contributed by atoms with Gasteiger partial charge < -0.3 is 10.2 Å². The highest BCUT2D eigenvalue weighted by Crippen LogP contribution is 2.35. The molecule has 1 N–H and O–H groups in total. The van der Waals surface area contributed by atoms with Crippen LogP contribution in [0.2, 0.25) is 0 Å². The zero-order valence-electron chi connectivity index (χ0n) is 13.1. The predicted octanol–water partition coefficient (Wildman–Crippen LogP) is 3.81. The Morgan fingerprint density at radius 1 is 0.789 bits per heavy atom. The van der Waals surface area contributed by atoms with Gasteiger partial charge in [0.05, 0.1) is 0 Å². The van der Waals surface area contributed by atoms with Gasteiger partial charge in [-0.1, -0.05) is 44.9 Å². The molecular formula is C17H34N2. The highest BCUT2D eigenvalue weighted by Gasteiger charge is 2.32. The Morgan fingerprint density at radius 3 is 1.89 bits per heavy atom. The maximum absolute atomic E-state index is 3.50. The normalized spacial score (nSPS) is 26.4. The molecule has 0 radical (unpaired) electrons. The van der Waals surface area contributed by atoms with E-state index in [0.717, 1.165) is 0 Å². The summed E-state index contributed by atoms with van der Waals surface area (Å²) in [6.45, 7) is 5.29. The molecular weight excluding hydrogens is 232 g/mol. The quantitative estimate of drug-likeness (QED) is 0.778. The van der Waals surface area contributed by atoms with Crippen molar-refractivity contribution in [3.05, 3.63) is 0 Å². The Morgan fingerprint density at radius 2 is 1.32 bits per heavy atom. The van der Waals surface area contributed by atoms with Gasteiger partial charge in [-0.2, -0.15) is 0 Å². The molecule has 1 saturated carbocycles. The van der Waals surface area contributed by atoms with E-state index in [1.54, 1.807) is 0 Å². The molecule has 0 aromatic rings. The Balaban J connectivity index is 1.93. The summed E-state index contributed by atoms with van der Waals surface area (Å²) in [5, 5.41) is 3.50.